The first kappa shape index (κ1) is 17.5. The van der Waals surface area contributed by atoms with Crippen molar-refractivity contribution in [3.8, 4) is 23.8 Å². The van der Waals surface area contributed by atoms with Crippen molar-refractivity contribution in [3.05, 3.63) is 54.2 Å². The van der Waals surface area contributed by atoms with Gasteiger partial charge in [-0.05, 0) is 18.2 Å². The van der Waals surface area contributed by atoms with Gasteiger partial charge in [0.1, 0.15) is 0 Å². The minimum absolute atomic E-state index is 0.0792. The molecule has 2 N–H and O–H groups in total. The molecular weight excluding hydrogens is 356 g/mol. The summed E-state index contributed by atoms with van der Waals surface area (Å²) >= 11 is 0. The highest BCUT2D eigenvalue weighted by Crippen LogP contribution is 2.34. The van der Waals surface area contributed by atoms with Gasteiger partial charge in [0.25, 0.3) is 5.91 Å². The molecule has 0 atom stereocenters. The van der Waals surface area contributed by atoms with Crippen LogP contribution >= 0.6 is 0 Å². The Labute approximate surface area is 161 Å². The number of benzene rings is 2. The van der Waals surface area contributed by atoms with Gasteiger partial charge in [-0.25, -0.2) is 5.43 Å². The number of hydrazone groups is 1. The summed E-state index contributed by atoms with van der Waals surface area (Å²) in [6, 6.07) is 13.3. The van der Waals surface area contributed by atoms with Gasteiger partial charge >= 0.3 is 0 Å². The van der Waals surface area contributed by atoms with Gasteiger partial charge in [-0.3, -0.25) is 4.79 Å². The Kier molecular flexibility index (Phi) is 4.85. The number of ether oxygens (including phenoxy) is 2. The molecule has 0 bridgehead atoms. The van der Waals surface area contributed by atoms with Gasteiger partial charge in [-0.1, -0.05) is 24.1 Å². The van der Waals surface area contributed by atoms with Gasteiger partial charge < -0.3 is 19.4 Å². The number of hydrogen-bond donors (Lipinski definition) is 2. The van der Waals surface area contributed by atoms with Crippen molar-refractivity contribution in [2.75, 3.05) is 18.7 Å². The zero-order chi connectivity index (χ0) is 19.3. The Morgan fingerprint density at radius 1 is 1.25 bits per heavy atom. The number of para-hydroxylation sites is 1. The van der Waals surface area contributed by atoms with E-state index in [1.807, 2.05) is 41.1 Å². The number of carbonyl (C=O) groups excluding carboxylic acids is 1. The van der Waals surface area contributed by atoms with Crippen LogP contribution in [0.15, 0.2) is 53.8 Å². The maximum atomic E-state index is 12.0. The molecule has 0 saturated carbocycles. The molecule has 7 heteroatoms. The third-order valence-electron chi connectivity index (χ3n) is 4.30. The maximum absolute atomic E-state index is 12.0. The monoisotopic (exact) mass is 374 g/mol. The number of rotatable bonds is 6. The van der Waals surface area contributed by atoms with Crippen molar-refractivity contribution < 1.29 is 14.3 Å². The number of hydrogen-bond acceptors (Lipinski definition) is 5. The third-order valence-corrected chi connectivity index (χ3v) is 4.30. The van der Waals surface area contributed by atoms with Crippen molar-refractivity contribution in [2.24, 2.45) is 5.10 Å². The number of terminal acetylenes is 1. The van der Waals surface area contributed by atoms with Crippen molar-refractivity contribution in [2.45, 2.75) is 6.54 Å². The van der Waals surface area contributed by atoms with Gasteiger partial charge in [-0.2, -0.15) is 5.10 Å². The Morgan fingerprint density at radius 3 is 3.00 bits per heavy atom. The summed E-state index contributed by atoms with van der Waals surface area (Å²) in [7, 11) is 0. The molecule has 140 valence electrons. The van der Waals surface area contributed by atoms with Crippen LogP contribution in [0.3, 0.4) is 0 Å². The van der Waals surface area contributed by atoms with Crippen molar-refractivity contribution in [1.29, 1.82) is 0 Å². The number of amides is 1. The average molecular weight is 374 g/mol. The molecule has 0 spiro atoms. The standard InChI is InChI=1S/C21H18N4O3/c1-2-9-25-13-15(17-5-3-4-6-18(17)25)11-23-24-21(26)12-22-16-7-8-19-20(10-16)28-14-27-19/h1,3-8,10-11,13,22H,9,12,14H2,(H,24,26)/b23-11-. The molecule has 0 fully saturated rings. The second kappa shape index (κ2) is 7.76. The molecule has 28 heavy (non-hydrogen) atoms. The van der Waals surface area contributed by atoms with E-state index in [9.17, 15) is 4.79 Å². The van der Waals surface area contributed by atoms with E-state index in [-0.39, 0.29) is 19.2 Å². The second-order valence-corrected chi connectivity index (χ2v) is 6.15. The van der Waals surface area contributed by atoms with E-state index < -0.39 is 0 Å². The molecule has 0 saturated heterocycles. The van der Waals surface area contributed by atoms with Crippen molar-refractivity contribution >= 4 is 28.7 Å². The molecule has 3 aromatic rings. The van der Waals surface area contributed by atoms with E-state index >= 15 is 0 Å². The Balaban J connectivity index is 1.36. The lowest BCUT2D eigenvalue weighted by molar-refractivity contribution is -0.119. The lowest BCUT2D eigenvalue weighted by atomic mass is 10.2. The zero-order valence-electron chi connectivity index (χ0n) is 15.0. The van der Waals surface area contributed by atoms with Gasteiger partial charge in [-0.15, -0.1) is 6.42 Å². The Bertz CT molecular complexity index is 1090. The van der Waals surface area contributed by atoms with E-state index in [4.69, 9.17) is 15.9 Å². The third kappa shape index (κ3) is 3.62. The smallest absolute Gasteiger partial charge is 0.259 e. The minimum atomic E-state index is -0.263. The highest BCUT2D eigenvalue weighted by atomic mass is 16.7. The molecule has 0 radical (unpaired) electrons. The van der Waals surface area contributed by atoms with Crippen LogP contribution in [0.25, 0.3) is 10.9 Å². The highest BCUT2D eigenvalue weighted by Gasteiger charge is 2.13. The Hall–Kier alpha value is -3.92. The van der Waals surface area contributed by atoms with Crippen molar-refractivity contribution in [3.63, 3.8) is 0 Å². The first-order valence-corrected chi connectivity index (χ1v) is 8.71. The zero-order valence-corrected chi connectivity index (χ0v) is 15.0. The van der Waals surface area contributed by atoms with E-state index in [2.05, 4.69) is 21.8 Å². The summed E-state index contributed by atoms with van der Waals surface area (Å²) in [5.41, 5.74) is 5.20. The summed E-state index contributed by atoms with van der Waals surface area (Å²) in [6.45, 7) is 0.766. The molecule has 0 aliphatic carbocycles. The van der Waals surface area contributed by atoms with E-state index in [0.717, 1.165) is 22.2 Å². The topological polar surface area (TPSA) is 76.9 Å². The fourth-order valence-electron chi connectivity index (χ4n) is 3.01. The first-order valence-electron chi connectivity index (χ1n) is 8.71. The van der Waals surface area contributed by atoms with E-state index in [1.54, 1.807) is 18.3 Å². The summed E-state index contributed by atoms with van der Waals surface area (Å²) < 4.78 is 12.5. The predicted molar refractivity (Wildman–Crippen MR) is 108 cm³/mol. The van der Waals surface area contributed by atoms with Crippen LogP contribution in [0.2, 0.25) is 0 Å². The fraction of sp³-hybridized carbons (Fsp3) is 0.143. The molecule has 4 rings (SSSR count). The highest BCUT2D eigenvalue weighted by molar-refractivity contribution is 5.99. The molecule has 1 aliphatic rings. The molecule has 1 amide bonds. The number of carbonyl (C=O) groups is 1. The number of nitrogens with zero attached hydrogens (tertiary/aromatic N) is 2. The summed E-state index contributed by atoms with van der Waals surface area (Å²) in [4.78, 5) is 12.0. The lowest BCUT2D eigenvalue weighted by Crippen LogP contribution is -2.25. The molecule has 0 unspecified atom stereocenters. The first-order chi connectivity index (χ1) is 13.7. The largest absolute Gasteiger partial charge is 0.454 e. The molecule has 1 aromatic heterocycles. The lowest BCUT2D eigenvalue weighted by Gasteiger charge is -2.06. The van der Waals surface area contributed by atoms with E-state index in [0.29, 0.717) is 18.0 Å². The van der Waals surface area contributed by atoms with Crippen LogP contribution in [0.4, 0.5) is 5.69 Å². The number of nitrogens with one attached hydrogen (secondary N) is 2. The minimum Gasteiger partial charge on any atom is -0.454 e. The van der Waals surface area contributed by atoms with Gasteiger partial charge in [0, 0.05) is 34.4 Å². The van der Waals surface area contributed by atoms with E-state index in [1.165, 1.54) is 0 Å². The van der Waals surface area contributed by atoms with Crippen LogP contribution in [0.5, 0.6) is 11.5 Å². The normalized spacial score (nSPS) is 12.2. The number of fused-ring (bicyclic) bond motifs is 2. The van der Waals surface area contributed by atoms with Crippen molar-refractivity contribution in [1.82, 2.24) is 9.99 Å². The fourth-order valence-corrected chi connectivity index (χ4v) is 3.01. The van der Waals surface area contributed by atoms with Crippen LogP contribution in [0.1, 0.15) is 5.56 Å². The maximum Gasteiger partial charge on any atom is 0.259 e. The second-order valence-electron chi connectivity index (χ2n) is 6.15. The Morgan fingerprint density at radius 2 is 2.11 bits per heavy atom. The van der Waals surface area contributed by atoms with Gasteiger partial charge in [0.15, 0.2) is 11.5 Å². The molecular formula is C21H18N4O3. The molecule has 1 aliphatic heterocycles. The van der Waals surface area contributed by atoms with Crippen LogP contribution in [0, 0.1) is 12.3 Å². The van der Waals surface area contributed by atoms with Crippen LogP contribution < -0.4 is 20.2 Å². The van der Waals surface area contributed by atoms with Gasteiger partial charge in [0.2, 0.25) is 6.79 Å². The quantitative estimate of drug-likeness (QED) is 0.395. The predicted octanol–water partition coefficient (Wildman–Crippen LogP) is 2.57. The average Bonchev–Trinajstić information content (AvgIpc) is 3.31. The SMILES string of the molecule is C#CCn1cc(/C=N\NC(=O)CNc2ccc3c(c2)OCO3)c2ccccc21. The molecule has 2 heterocycles. The molecule has 7 nitrogen and oxygen atoms in total. The number of aromatic nitrogens is 1. The van der Waals surface area contributed by atoms with Crippen LogP contribution in [-0.2, 0) is 11.3 Å². The van der Waals surface area contributed by atoms with Crippen LogP contribution in [-0.4, -0.2) is 30.0 Å². The summed E-state index contributed by atoms with van der Waals surface area (Å²) in [6.07, 6.45) is 8.97. The number of anilines is 1. The summed E-state index contributed by atoms with van der Waals surface area (Å²) in [5.74, 6) is 3.73. The van der Waals surface area contributed by atoms with Gasteiger partial charge in [0.05, 0.1) is 19.3 Å². The molecule has 2 aromatic carbocycles. The summed E-state index contributed by atoms with van der Waals surface area (Å²) in [5, 5.41) is 8.11.